The molecule has 6 nitrogen and oxygen atoms in total. The molecule has 1 unspecified atom stereocenters. The van der Waals surface area contributed by atoms with Gasteiger partial charge in [0.15, 0.2) is 0 Å². The Labute approximate surface area is 111 Å². The van der Waals surface area contributed by atoms with Crippen LogP contribution in [0.25, 0.3) is 0 Å². The summed E-state index contributed by atoms with van der Waals surface area (Å²) >= 11 is 0. The monoisotopic (exact) mass is 266 g/mol. The van der Waals surface area contributed by atoms with Crippen LogP contribution in [0.1, 0.15) is 18.9 Å². The van der Waals surface area contributed by atoms with Crippen LogP contribution in [0.4, 0.5) is 11.4 Å². The van der Waals surface area contributed by atoms with E-state index in [9.17, 15) is 10.1 Å². The maximum atomic E-state index is 11.0. The second-order valence-corrected chi connectivity index (χ2v) is 4.40. The molecule has 1 heterocycles. The molecule has 0 spiro atoms. The van der Waals surface area contributed by atoms with Crippen molar-refractivity contribution in [3.8, 4) is 0 Å². The van der Waals surface area contributed by atoms with E-state index in [1.807, 2.05) is 13.0 Å². The Kier molecular flexibility index (Phi) is 4.70. The predicted molar refractivity (Wildman–Crippen MR) is 71.3 cm³/mol. The molecule has 1 N–H and O–H groups in total. The minimum absolute atomic E-state index is 0.0885. The molecular weight excluding hydrogens is 248 g/mol. The van der Waals surface area contributed by atoms with E-state index in [4.69, 9.17) is 9.47 Å². The molecule has 0 radical (unpaired) electrons. The zero-order valence-corrected chi connectivity index (χ0v) is 10.9. The molecule has 0 amide bonds. The molecule has 0 aliphatic carbocycles. The molecule has 0 aromatic heterocycles. The maximum absolute atomic E-state index is 11.0. The van der Waals surface area contributed by atoms with Crippen LogP contribution in [0.5, 0.6) is 0 Å². The number of nitrogens with zero attached hydrogens (tertiary/aromatic N) is 1. The van der Waals surface area contributed by atoms with Crippen LogP contribution in [-0.4, -0.2) is 30.8 Å². The summed E-state index contributed by atoms with van der Waals surface area (Å²) in [5.41, 5.74) is 1.45. The number of ether oxygens (including phenoxy) is 2. The molecule has 1 fully saturated rings. The summed E-state index contributed by atoms with van der Waals surface area (Å²) < 4.78 is 11.0. The van der Waals surface area contributed by atoms with Crippen LogP contribution in [0.15, 0.2) is 18.2 Å². The number of para-hydroxylation sites is 1. The second-order valence-electron chi connectivity index (χ2n) is 4.40. The number of nitro groups is 1. The largest absolute Gasteiger partial charge is 0.379 e. The summed E-state index contributed by atoms with van der Waals surface area (Å²) in [6.07, 6.45) is 0.972. The summed E-state index contributed by atoms with van der Waals surface area (Å²) in [7, 11) is 0. The van der Waals surface area contributed by atoms with E-state index >= 15 is 0 Å². The minimum atomic E-state index is -0.375. The number of nitro benzene ring substituents is 1. The first-order valence-corrected chi connectivity index (χ1v) is 6.42. The molecular formula is C13H18N2O4. The lowest BCUT2D eigenvalue weighted by Gasteiger charge is -2.14. The van der Waals surface area contributed by atoms with E-state index in [0.717, 1.165) is 18.6 Å². The fraction of sp³-hybridized carbons (Fsp3) is 0.538. The lowest BCUT2D eigenvalue weighted by atomic mass is 10.1. The number of nitrogens with one attached hydrogen (secondary N) is 1. The highest BCUT2D eigenvalue weighted by Gasteiger charge is 2.20. The minimum Gasteiger partial charge on any atom is -0.379 e. The highest BCUT2D eigenvalue weighted by atomic mass is 16.6. The van der Waals surface area contributed by atoms with Gasteiger partial charge in [-0.2, -0.15) is 0 Å². The van der Waals surface area contributed by atoms with Crippen LogP contribution < -0.4 is 5.32 Å². The molecule has 6 heteroatoms. The van der Waals surface area contributed by atoms with E-state index in [-0.39, 0.29) is 16.7 Å². The molecule has 1 aromatic carbocycles. The van der Waals surface area contributed by atoms with Crippen molar-refractivity contribution >= 4 is 11.4 Å². The van der Waals surface area contributed by atoms with E-state index < -0.39 is 0 Å². The number of hydrogen-bond donors (Lipinski definition) is 1. The SMILES string of the molecule is CCNc1c(COC2CCOC2)cccc1[N+](=O)[O-]. The average molecular weight is 266 g/mol. The molecule has 19 heavy (non-hydrogen) atoms. The van der Waals surface area contributed by atoms with E-state index in [1.165, 1.54) is 6.07 Å². The maximum Gasteiger partial charge on any atom is 0.292 e. The number of benzene rings is 1. The Hall–Kier alpha value is -1.66. The molecule has 1 aliphatic heterocycles. The van der Waals surface area contributed by atoms with Crippen molar-refractivity contribution in [1.82, 2.24) is 0 Å². The molecule has 2 rings (SSSR count). The fourth-order valence-corrected chi connectivity index (χ4v) is 2.09. The Balaban J connectivity index is 2.13. The molecule has 0 bridgehead atoms. The lowest BCUT2D eigenvalue weighted by Crippen LogP contribution is -2.13. The smallest absolute Gasteiger partial charge is 0.292 e. The van der Waals surface area contributed by atoms with Crippen molar-refractivity contribution in [2.75, 3.05) is 25.1 Å². The first-order chi connectivity index (χ1) is 9.22. The quantitative estimate of drug-likeness (QED) is 0.632. The summed E-state index contributed by atoms with van der Waals surface area (Å²) in [4.78, 5) is 10.6. The standard InChI is InChI=1S/C13H18N2O4/c1-2-14-13-10(4-3-5-12(13)15(16)17)8-19-11-6-7-18-9-11/h3-5,11,14H,2,6-9H2,1H3. The zero-order valence-electron chi connectivity index (χ0n) is 10.9. The summed E-state index contributed by atoms with van der Waals surface area (Å²) in [6.45, 7) is 4.22. The normalized spacial score (nSPS) is 18.5. The first-order valence-electron chi connectivity index (χ1n) is 6.42. The third-order valence-corrected chi connectivity index (χ3v) is 3.04. The Bertz CT molecular complexity index is 444. The van der Waals surface area contributed by atoms with Gasteiger partial charge in [-0.05, 0) is 13.3 Å². The van der Waals surface area contributed by atoms with Crippen LogP contribution in [0.3, 0.4) is 0 Å². The van der Waals surface area contributed by atoms with Gasteiger partial charge in [0.1, 0.15) is 5.69 Å². The van der Waals surface area contributed by atoms with Gasteiger partial charge in [0.2, 0.25) is 0 Å². The number of anilines is 1. The van der Waals surface area contributed by atoms with Crippen LogP contribution in [-0.2, 0) is 16.1 Å². The highest BCUT2D eigenvalue weighted by Crippen LogP contribution is 2.29. The van der Waals surface area contributed by atoms with Crippen LogP contribution >= 0.6 is 0 Å². The third kappa shape index (κ3) is 3.42. The van der Waals surface area contributed by atoms with Crippen LogP contribution in [0.2, 0.25) is 0 Å². The Morgan fingerprint density at radius 1 is 1.58 bits per heavy atom. The van der Waals surface area contributed by atoms with Gasteiger partial charge in [-0.25, -0.2) is 0 Å². The molecule has 1 aliphatic rings. The summed E-state index contributed by atoms with van der Waals surface area (Å²) in [5, 5.41) is 14.1. The van der Waals surface area contributed by atoms with Gasteiger partial charge >= 0.3 is 0 Å². The number of hydrogen-bond acceptors (Lipinski definition) is 5. The molecule has 0 saturated carbocycles. The van der Waals surface area contributed by atoms with E-state index in [2.05, 4.69) is 5.32 Å². The molecule has 1 aromatic rings. The van der Waals surface area contributed by atoms with Crippen molar-refractivity contribution < 1.29 is 14.4 Å². The van der Waals surface area contributed by atoms with E-state index in [0.29, 0.717) is 25.4 Å². The van der Waals surface area contributed by atoms with Gasteiger partial charge in [-0.15, -0.1) is 0 Å². The Morgan fingerprint density at radius 2 is 2.42 bits per heavy atom. The average Bonchev–Trinajstić information content (AvgIpc) is 2.90. The van der Waals surface area contributed by atoms with Crippen molar-refractivity contribution in [1.29, 1.82) is 0 Å². The first kappa shape index (κ1) is 13.8. The predicted octanol–water partition coefficient (Wildman–Crippen LogP) is 2.33. The van der Waals surface area contributed by atoms with Gasteiger partial charge in [0, 0.05) is 24.8 Å². The topological polar surface area (TPSA) is 73.6 Å². The van der Waals surface area contributed by atoms with Crippen LogP contribution in [0, 0.1) is 10.1 Å². The third-order valence-electron chi connectivity index (χ3n) is 3.04. The van der Waals surface area contributed by atoms with Gasteiger partial charge in [-0.1, -0.05) is 12.1 Å². The van der Waals surface area contributed by atoms with Crippen molar-refractivity contribution in [3.05, 3.63) is 33.9 Å². The lowest BCUT2D eigenvalue weighted by molar-refractivity contribution is -0.384. The molecule has 104 valence electrons. The number of rotatable bonds is 6. The van der Waals surface area contributed by atoms with Crippen molar-refractivity contribution in [2.24, 2.45) is 0 Å². The van der Waals surface area contributed by atoms with E-state index in [1.54, 1.807) is 6.07 Å². The molecule has 1 saturated heterocycles. The van der Waals surface area contributed by atoms with Crippen molar-refractivity contribution in [2.45, 2.75) is 26.1 Å². The fourth-order valence-electron chi connectivity index (χ4n) is 2.09. The van der Waals surface area contributed by atoms with Gasteiger partial charge < -0.3 is 14.8 Å². The van der Waals surface area contributed by atoms with Gasteiger partial charge in [0.05, 0.1) is 24.2 Å². The zero-order chi connectivity index (χ0) is 13.7. The van der Waals surface area contributed by atoms with Gasteiger partial charge in [-0.3, -0.25) is 10.1 Å². The second kappa shape index (κ2) is 6.49. The Morgan fingerprint density at radius 3 is 3.05 bits per heavy atom. The molecule has 1 atom stereocenters. The summed E-state index contributed by atoms with van der Waals surface area (Å²) in [6, 6.07) is 5.03. The highest BCUT2D eigenvalue weighted by molar-refractivity contribution is 5.66. The van der Waals surface area contributed by atoms with Gasteiger partial charge in [0.25, 0.3) is 5.69 Å². The van der Waals surface area contributed by atoms with Crippen molar-refractivity contribution in [3.63, 3.8) is 0 Å². The summed E-state index contributed by atoms with van der Waals surface area (Å²) in [5.74, 6) is 0.